The second-order valence-corrected chi connectivity index (χ2v) is 7.87. The molecule has 0 aromatic rings. The minimum atomic E-state index is -1.78. The van der Waals surface area contributed by atoms with E-state index in [4.69, 9.17) is 23.7 Å². The Kier molecular flexibility index (Phi) is 8.21. The summed E-state index contributed by atoms with van der Waals surface area (Å²) in [4.78, 5) is 0. The first-order valence-corrected chi connectivity index (χ1v) is 9.85. The van der Waals surface area contributed by atoms with Crippen molar-refractivity contribution < 1.29 is 69.6 Å². The molecule has 3 aliphatic rings. The average molecular weight is 458 g/mol. The van der Waals surface area contributed by atoms with Crippen molar-refractivity contribution in [3.8, 4) is 0 Å². The van der Waals surface area contributed by atoms with Gasteiger partial charge in [-0.25, -0.2) is 0 Å². The lowest BCUT2D eigenvalue weighted by Crippen LogP contribution is -2.64. The van der Waals surface area contributed by atoms with Crippen LogP contribution in [0.5, 0.6) is 0 Å². The minimum Gasteiger partial charge on any atom is -0.394 e. The maximum absolute atomic E-state index is 10.4. The van der Waals surface area contributed by atoms with Crippen LogP contribution in [0.15, 0.2) is 0 Å². The zero-order valence-corrected chi connectivity index (χ0v) is 16.6. The highest BCUT2D eigenvalue weighted by molar-refractivity contribution is 4.93. The number of ether oxygens (including phenoxy) is 5. The van der Waals surface area contributed by atoms with Gasteiger partial charge in [-0.2, -0.15) is 0 Å². The minimum absolute atomic E-state index is 0.407. The van der Waals surface area contributed by atoms with Gasteiger partial charge in [0, 0.05) is 0 Å². The van der Waals surface area contributed by atoms with Crippen LogP contribution in [-0.2, 0) is 23.7 Å². The molecule has 31 heavy (non-hydrogen) atoms. The summed E-state index contributed by atoms with van der Waals surface area (Å²) in [5, 5.41) is 89.4. The number of hydrogen-bond donors (Lipinski definition) is 9. The third-order valence-electron chi connectivity index (χ3n) is 5.66. The fourth-order valence-electron chi connectivity index (χ4n) is 3.70. The van der Waals surface area contributed by atoms with Crippen LogP contribution in [0.25, 0.3) is 0 Å². The van der Waals surface area contributed by atoms with E-state index in [1.807, 2.05) is 0 Å². The van der Waals surface area contributed by atoms with Crippen LogP contribution in [0.1, 0.15) is 6.92 Å². The van der Waals surface area contributed by atoms with Gasteiger partial charge in [0.1, 0.15) is 61.0 Å². The zero-order valence-electron chi connectivity index (χ0n) is 16.6. The van der Waals surface area contributed by atoms with Crippen LogP contribution in [-0.4, -0.2) is 145 Å². The molecule has 9 N–H and O–H groups in total. The first kappa shape index (κ1) is 25.1. The van der Waals surface area contributed by atoms with Crippen molar-refractivity contribution in [2.75, 3.05) is 13.2 Å². The smallest absolute Gasteiger partial charge is 0.187 e. The van der Waals surface area contributed by atoms with Gasteiger partial charge in [0.2, 0.25) is 0 Å². The Labute approximate surface area is 176 Å². The summed E-state index contributed by atoms with van der Waals surface area (Å²) >= 11 is 0. The van der Waals surface area contributed by atoms with Crippen molar-refractivity contribution in [2.24, 2.45) is 0 Å². The molecule has 182 valence electrons. The quantitative estimate of drug-likeness (QED) is 0.187. The van der Waals surface area contributed by atoms with Crippen LogP contribution >= 0.6 is 0 Å². The monoisotopic (exact) mass is 458 g/mol. The van der Waals surface area contributed by atoms with Gasteiger partial charge in [0.05, 0.1) is 19.3 Å². The summed E-state index contributed by atoms with van der Waals surface area (Å²) in [5.41, 5.74) is 0. The second kappa shape index (κ2) is 10.1. The number of aliphatic hydroxyl groups excluding tert-OH is 9. The molecule has 0 bridgehead atoms. The van der Waals surface area contributed by atoms with Crippen molar-refractivity contribution >= 4 is 0 Å². The van der Waals surface area contributed by atoms with Gasteiger partial charge in [-0.3, -0.25) is 0 Å². The molecular weight excluding hydrogens is 428 g/mol. The molecule has 0 spiro atoms. The third-order valence-corrected chi connectivity index (χ3v) is 5.66. The Morgan fingerprint density at radius 1 is 0.710 bits per heavy atom. The molecule has 0 amide bonds. The van der Waals surface area contributed by atoms with Gasteiger partial charge in [0.25, 0.3) is 0 Å². The summed E-state index contributed by atoms with van der Waals surface area (Å²) < 4.78 is 26.8. The van der Waals surface area contributed by atoms with E-state index in [-0.39, 0.29) is 0 Å². The topological polar surface area (TPSA) is 228 Å². The number of rotatable bonds is 5. The van der Waals surface area contributed by atoms with Crippen molar-refractivity contribution in [1.29, 1.82) is 0 Å². The zero-order chi connectivity index (χ0) is 23.0. The highest BCUT2D eigenvalue weighted by Crippen LogP contribution is 2.30. The van der Waals surface area contributed by atoms with E-state index in [1.54, 1.807) is 0 Å². The molecule has 14 nitrogen and oxygen atoms in total. The Morgan fingerprint density at radius 2 is 1.35 bits per heavy atom. The standard InChI is InChI=1S/C17H30O14/c1-4-7(20)9(22)12(25)16(28-4)31-14-8(21)5(19)3-27-17(14)30-13-6(2-18)29-15(26)11(24)10(13)23/h4-26H,2-3H2,1H3/t4-,5-,6+,7-,8-,9+,10+,11+,12+,13-,14+,15+,16-,17-/m0/s1. The van der Waals surface area contributed by atoms with Gasteiger partial charge >= 0.3 is 0 Å². The molecule has 14 atom stereocenters. The Bertz CT molecular complexity index is 579. The molecular formula is C17H30O14. The van der Waals surface area contributed by atoms with E-state index in [1.165, 1.54) is 6.92 Å². The highest BCUT2D eigenvalue weighted by Gasteiger charge is 2.51. The first-order valence-electron chi connectivity index (χ1n) is 9.85. The Hall–Kier alpha value is -0.560. The van der Waals surface area contributed by atoms with E-state index < -0.39 is 99.2 Å². The summed E-state index contributed by atoms with van der Waals surface area (Å²) in [7, 11) is 0. The lowest BCUT2D eigenvalue weighted by Gasteiger charge is -2.46. The summed E-state index contributed by atoms with van der Waals surface area (Å²) in [6, 6.07) is 0. The highest BCUT2D eigenvalue weighted by atomic mass is 16.8. The molecule has 0 aliphatic carbocycles. The van der Waals surface area contributed by atoms with Crippen LogP contribution < -0.4 is 0 Å². The SMILES string of the molecule is C[C@@H]1O[C@@H](O[C@H]2[C@H](O[C@@H]3[C@H](O)[C@@H](O)[C@H](O)O[C@@H]3CO)OC[C@H](O)[C@@H]2O)[C@H](O)[C@H](O)[C@H]1O. The van der Waals surface area contributed by atoms with E-state index in [9.17, 15) is 46.0 Å². The van der Waals surface area contributed by atoms with E-state index in [0.29, 0.717) is 0 Å². The molecule has 3 fully saturated rings. The van der Waals surface area contributed by atoms with E-state index in [2.05, 4.69) is 0 Å². The lowest BCUT2D eigenvalue weighted by atomic mass is 9.98. The molecule has 0 radical (unpaired) electrons. The van der Waals surface area contributed by atoms with Crippen LogP contribution in [0.3, 0.4) is 0 Å². The fraction of sp³-hybridized carbons (Fsp3) is 1.00. The third kappa shape index (κ3) is 5.02. The average Bonchev–Trinajstić information content (AvgIpc) is 2.75. The van der Waals surface area contributed by atoms with Crippen molar-refractivity contribution in [3.63, 3.8) is 0 Å². The fourth-order valence-corrected chi connectivity index (χ4v) is 3.70. The van der Waals surface area contributed by atoms with Gasteiger partial charge < -0.3 is 69.6 Å². The van der Waals surface area contributed by atoms with Crippen molar-refractivity contribution in [2.45, 2.75) is 92.9 Å². The molecule has 0 unspecified atom stereocenters. The molecule has 3 rings (SSSR count). The van der Waals surface area contributed by atoms with Gasteiger partial charge in [0.15, 0.2) is 18.9 Å². The molecule has 3 saturated heterocycles. The first-order chi connectivity index (χ1) is 14.6. The molecule has 3 aliphatic heterocycles. The Morgan fingerprint density at radius 3 is 2.00 bits per heavy atom. The number of aliphatic hydroxyl groups is 9. The normalized spacial score (nSPS) is 54.0. The molecule has 14 heteroatoms. The van der Waals surface area contributed by atoms with Gasteiger partial charge in [-0.05, 0) is 6.92 Å². The Balaban J connectivity index is 1.77. The van der Waals surface area contributed by atoms with Crippen molar-refractivity contribution in [3.05, 3.63) is 0 Å². The molecule has 0 aromatic carbocycles. The predicted octanol–water partition coefficient (Wildman–Crippen LogP) is -5.91. The van der Waals surface area contributed by atoms with Gasteiger partial charge in [-0.15, -0.1) is 0 Å². The summed E-state index contributed by atoms with van der Waals surface area (Å²) in [6.07, 6.45) is -21.3. The summed E-state index contributed by atoms with van der Waals surface area (Å²) in [6.45, 7) is 0.304. The van der Waals surface area contributed by atoms with Crippen molar-refractivity contribution in [1.82, 2.24) is 0 Å². The second-order valence-electron chi connectivity index (χ2n) is 7.87. The molecule has 0 aromatic heterocycles. The maximum atomic E-state index is 10.4. The van der Waals surface area contributed by atoms with E-state index >= 15 is 0 Å². The van der Waals surface area contributed by atoms with Crippen LogP contribution in [0.4, 0.5) is 0 Å². The largest absolute Gasteiger partial charge is 0.394 e. The molecule has 0 saturated carbocycles. The maximum Gasteiger partial charge on any atom is 0.187 e. The lowest BCUT2D eigenvalue weighted by molar-refractivity contribution is -0.375. The molecule has 3 heterocycles. The van der Waals surface area contributed by atoms with Gasteiger partial charge in [-0.1, -0.05) is 0 Å². The summed E-state index contributed by atoms with van der Waals surface area (Å²) in [5.74, 6) is 0. The predicted molar refractivity (Wildman–Crippen MR) is 93.8 cm³/mol. The number of hydrogen-bond acceptors (Lipinski definition) is 14. The van der Waals surface area contributed by atoms with Crippen LogP contribution in [0, 0.1) is 0 Å². The van der Waals surface area contributed by atoms with E-state index in [0.717, 1.165) is 0 Å². The van der Waals surface area contributed by atoms with Crippen LogP contribution in [0.2, 0.25) is 0 Å².